The Kier molecular flexibility index (Phi) is 19.0. The Morgan fingerprint density at radius 2 is 1.13 bits per heavy atom. The number of hydrogen-bond donors (Lipinski definition) is 0. The van der Waals surface area contributed by atoms with Crippen molar-refractivity contribution in [1.29, 1.82) is 0 Å². The van der Waals surface area contributed by atoms with E-state index in [1.165, 1.54) is 66.4 Å². The molecular formula is C38H66Br2N2NiOSi. The van der Waals surface area contributed by atoms with Crippen molar-refractivity contribution in [3.8, 4) is 0 Å². The molecule has 1 aromatic carbocycles. The first kappa shape index (κ1) is 41.4. The fraction of sp³-hybridized carbons (Fsp3) is 0.789. The van der Waals surface area contributed by atoms with Crippen molar-refractivity contribution in [2.24, 2.45) is 57.3 Å². The van der Waals surface area contributed by atoms with E-state index < -0.39 is 8.32 Å². The Balaban J connectivity index is 0.00000226. The first-order chi connectivity index (χ1) is 21.2. The number of nitrogens with zero attached hydrogens (tertiary/aromatic N) is 2. The zero-order valence-corrected chi connectivity index (χ0v) is 35.6. The van der Waals surface area contributed by atoms with E-state index in [2.05, 4.69) is 134 Å². The summed E-state index contributed by atoms with van der Waals surface area (Å²) in [7, 11) is -0.313. The first-order valence-electron chi connectivity index (χ1n) is 17.9. The summed E-state index contributed by atoms with van der Waals surface area (Å²) in [6, 6.07) is 11.8. The maximum absolute atomic E-state index is 6.36. The summed E-state index contributed by atoms with van der Waals surface area (Å²) in [4.78, 5) is 11.8. The molecule has 1 aromatic rings. The molecule has 4 unspecified atom stereocenters. The van der Waals surface area contributed by atoms with E-state index in [-0.39, 0.29) is 0 Å². The fourth-order valence-corrected chi connectivity index (χ4v) is 8.65. The average Bonchev–Trinajstić information content (AvgIpc) is 2.97. The Morgan fingerprint density at radius 1 is 0.733 bits per heavy atom. The van der Waals surface area contributed by atoms with Crippen LogP contribution in [-0.4, -0.2) is 38.4 Å². The summed E-state index contributed by atoms with van der Waals surface area (Å²) < 4.78 is 6.36. The third-order valence-corrected chi connectivity index (χ3v) is 11.4. The number of aliphatic imine (C=N–C) groups is 2. The quantitative estimate of drug-likeness (QED) is 0.111. The van der Waals surface area contributed by atoms with Gasteiger partial charge >= 0.3 is 39.3 Å². The van der Waals surface area contributed by atoms with Gasteiger partial charge in [0.05, 0.1) is 23.5 Å². The number of rotatable bonds is 13. The van der Waals surface area contributed by atoms with E-state index in [0.717, 1.165) is 19.4 Å². The van der Waals surface area contributed by atoms with Crippen molar-refractivity contribution in [3.05, 3.63) is 35.9 Å². The molecule has 2 aliphatic rings. The molecule has 0 aliphatic heterocycles. The van der Waals surface area contributed by atoms with Gasteiger partial charge in [-0.3, -0.25) is 9.98 Å². The van der Waals surface area contributed by atoms with Crippen LogP contribution in [0.1, 0.15) is 112 Å². The second-order valence-electron chi connectivity index (χ2n) is 16.0. The summed E-state index contributed by atoms with van der Waals surface area (Å²) in [6.45, 7) is 27.1. The van der Waals surface area contributed by atoms with E-state index >= 15 is 0 Å². The van der Waals surface area contributed by atoms with Gasteiger partial charge in [0.25, 0.3) is 0 Å². The van der Waals surface area contributed by atoms with Crippen LogP contribution < -0.4 is 0 Å². The van der Waals surface area contributed by atoms with E-state index in [1.54, 1.807) is 0 Å². The van der Waals surface area contributed by atoms with Crippen LogP contribution in [0, 0.1) is 47.3 Å². The van der Waals surface area contributed by atoms with Gasteiger partial charge in [-0.2, -0.15) is 0 Å². The molecule has 3 nitrogen and oxygen atoms in total. The topological polar surface area (TPSA) is 34.0 Å². The van der Waals surface area contributed by atoms with Gasteiger partial charge in [-0.25, -0.2) is 0 Å². The van der Waals surface area contributed by atoms with Crippen LogP contribution >= 0.6 is 28.5 Å². The van der Waals surface area contributed by atoms with Gasteiger partial charge in [0.2, 0.25) is 0 Å². The average molecular weight is 814 g/mol. The third-order valence-electron chi connectivity index (χ3n) is 10.3. The zero-order valence-electron chi connectivity index (χ0n) is 30.4. The standard InChI is InChI=1S/C38H66N2OSi.2BrH.Ni/c1-26(2)31-20-15-21-32(27(3)4)37(31)39-35(24-17-25-41-42(9,10)11)36(30-18-13-12-14-19-30)40-38-33(28(5)6)22-16-23-34(38)29(7)8;;;/h12-14,18-19,26-29,31-34,37-38H,15-17,20-25H2,1-11H3;2*1H;/q;;;+2/p-2. The van der Waals surface area contributed by atoms with Crippen molar-refractivity contribution in [1.82, 2.24) is 0 Å². The Morgan fingerprint density at radius 3 is 1.51 bits per heavy atom. The van der Waals surface area contributed by atoms with Gasteiger partial charge in [-0.1, -0.05) is 98.6 Å². The predicted molar refractivity (Wildman–Crippen MR) is 205 cm³/mol. The van der Waals surface area contributed by atoms with Crippen molar-refractivity contribution >= 4 is 48.2 Å². The monoisotopic (exact) mass is 810 g/mol. The maximum atomic E-state index is 6.36. The van der Waals surface area contributed by atoms with Gasteiger partial charge in [-0.05, 0) is 106 Å². The van der Waals surface area contributed by atoms with Crippen LogP contribution in [0.2, 0.25) is 19.6 Å². The minimum absolute atomic E-state index is 0.352. The second kappa shape index (κ2) is 20.6. The van der Waals surface area contributed by atoms with Crippen molar-refractivity contribution in [2.45, 2.75) is 138 Å². The molecule has 7 heteroatoms. The molecule has 45 heavy (non-hydrogen) atoms. The second-order valence-corrected chi connectivity index (χ2v) is 25.5. The molecule has 3 rings (SSSR count). The third kappa shape index (κ3) is 13.6. The number of benzene rings is 1. The van der Waals surface area contributed by atoms with Crippen molar-refractivity contribution in [2.75, 3.05) is 6.61 Å². The van der Waals surface area contributed by atoms with Gasteiger partial charge in [-0.15, -0.1) is 0 Å². The molecule has 0 heterocycles. The molecule has 0 bridgehead atoms. The molecule has 2 aliphatic carbocycles. The SMILES string of the molecule is CC(C)C1CCCC(C(C)C)C1N=C(CCCO[Si](C)(C)C)C(=NC1C(C(C)C)CCCC1C(C)C)c1ccccc1.[Br][Ni][Br]. The fourth-order valence-electron chi connectivity index (χ4n) is 7.89. The van der Waals surface area contributed by atoms with Gasteiger partial charge < -0.3 is 4.43 Å². The summed E-state index contributed by atoms with van der Waals surface area (Å²) in [5, 5.41) is 0. The van der Waals surface area contributed by atoms with Crippen molar-refractivity contribution < 1.29 is 15.3 Å². The summed E-state index contributed by atoms with van der Waals surface area (Å²) in [5.74, 6) is 5.08. The van der Waals surface area contributed by atoms with E-state index in [9.17, 15) is 0 Å². The molecule has 2 saturated carbocycles. The van der Waals surface area contributed by atoms with Gasteiger partial charge in [0.1, 0.15) is 0 Å². The number of hydrogen-bond acceptors (Lipinski definition) is 3. The number of halogens is 2. The Labute approximate surface area is 299 Å². The molecule has 0 radical (unpaired) electrons. The molecule has 0 N–H and O–H groups in total. The predicted octanol–water partition coefficient (Wildman–Crippen LogP) is 12.4. The molecule has 4 atom stereocenters. The van der Waals surface area contributed by atoms with E-state index in [0.29, 0.717) is 59.4 Å². The van der Waals surface area contributed by atoms with Crippen molar-refractivity contribution in [3.63, 3.8) is 0 Å². The van der Waals surface area contributed by atoms with Crippen LogP contribution in [0.4, 0.5) is 0 Å². The van der Waals surface area contributed by atoms with E-state index in [4.69, 9.17) is 14.4 Å². The molecule has 2 fully saturated rings. The minimum atomic E-state index is -1.56. The molecule has 0 spiro atoms. The van der Waals surface area contributed by atoms with Crippen LogP contribution in [-0.2, 0) is 15.3 Å². The van der Waals surface area contributed by atoms with Crippen LogP contribution in [0.15, 0.2) is 40.3 Å². The molecule has 262 valence electrons. The Hall–Kier alpha value is 0.190. The van der Waals surface area contributed by atoms with Crippen LogP contribution in [0.25, 0.3) is 0 Å². The normalized spacial score (nSPS) is 27.0. The van der Waals surface area contributed by atoms with Gasteiger partial charge in [0, 0.05) is 12.2 Å². The van der Waals surface area contributed by atoms with E-state index in [1.807, 2.05) is 0 Å². The molecule has 0 aromatic heterocycles. The Bertz CT molecular complexity index is 992. The summed E-state index contributed by atoms with van der Waals surface area (Å²) in [6.07, 6.45) is 9.80. The van der Waals surface area contributed by atoms with Gasteiger partial charge in [0.15, 0.2) is 8.32 Å². The molecular weight excluding hydrogens is 747 g/mol. The van der Waals surface area contributed by atoms with Crippen LogP contribution in [0.5, 0.6) is 0 Å². The summed E-state index contributed by atoms with van der Waals surface area (Å²) >= 11 is 6.00. The summed E-state index contributed by atoms with van der Waals surface area (Å²) in [5.41, 5.74) is 3.68. The zero-order chi connectivity index (χ0) is 33.7. The molecule has 0 saturated heterocycles. The molecule has 0 amide bonds. The first-order valence-corrected chi connectivity index (χ1v) is 26.2. The van der Waals surface area contributed by atoms with Crippen LogP contribution in [0.3, 0.4) is 0 Å².